The molecule has 0 N–H and O–H groups in total. The van der Waals surface area contributed by atoms with E-state index in [4.69, 9.17) is 11.6 Å². The van der Waals surface area contributed by atoms with Gasteiger partial charge in [-0.2, -0.15) is 0 Å². The van der Waals surface area contributed by atoms with Crippen LogP contribution in [-0.4, -0.2) is 0 Å². The summed E-state index contributed by atoms with van der Waals surface area (Å²) in [5, 5.41) is 4.93. The molecule has 0 saturated carbocycles. The Morgan fingerprint density at radius 1 is 1.38 bits per heavy atom. The highest BCUT2D eigenvalue weighted by molar-refractivity contribution is 9.10. The Kier molecular flexibility index (Phi) is 2.98. The molecule has 68 valence electrons. The van der Waals surface area contributed by atoms with E-state index < -0.39 is 0 Å². The van der Waals surface area contributed by atoms with E-state index in [2.05, 4.69) is 37.2 Å². The second-order valence-electron chi connectivity index (χ2n) is 2.66. The zero-order valence-electron chi connectivity index (χ0n) is 6.48. The number of rotatable bonds is 1. The van der Waals surface area contributed by atoms with Gasteiger partial charge in [0.1, 0.15) is 0 Å². The zero-order chi connectivity index (χ0) is 9.42. The fourth-order valence-corrected chi connectivity index (χ4v) is 3.76. The summed E-state index contributed by atoms with van der Waals surface area (Å²) in [6.07, 6.45) is 0. The van der Waals surface area contributed by atoms with Gasteiger partial charge in [0.15, 0.2) is 0 Å². The summed E-state index contributed by atoms with van der Waals surface area (Å²) in [4.78, 5) is 0. The number of alkyl halides is 1. The van der Waals surface area contributed by atoms with Gasteiger partial charge in [0.2, 0.25) is 0 Å². The van der Waals surface area contributed by atoms with Crippen molar-refractivity contribution in [2.45, 2.75) is 5.33 Å². The van der Waals surface area contributed by atoms with Crippen molar-refractivity contribution < 1.29 is 0 Å². The maximum Gasteiger partial charge on any atom is 0.0416 e. The lowest BCUT2D eigenvalue weighted by Gasteiger charge is -1.99. The van der Waals surface area contributed by atoms with Gasteiger partial charge in [0.25, 0.3) is 0 Å². The van der Waals surface area contributed by atoms with E-state index in [9.17, 15) is 0 Å². The Balaban J connectivity index is 2.84. The maximum atomic E-state index is 5.99. The summed E-state index contributed by atoms with van der Waals surface area (Å²) in [7, 11) is 0. The molecule has 0 saturated heterocycles. The van der Waals surface area contributed by atoms with Crippen LogP contribution in [0.3, 0.4) is 0 Å². The zero-order valence-corrected chi connectivity index (χ0v) is 11.2. The lowest BCUT2D eigenvalue weighted by atomic mass is 10.2. The van der Waals surface area contributed by atoms with Gasteiger partial charge in [0.05, 0.1) is 0 Å². The van der Waals surface area contributed by atoms with Crippen LogP contribution in [0.5, 0.6) is 0 Å². The first-order valence-corrected chi connectivity index (χ1v) is 6.80. The molecule has 2 rings (SSSR count). The number of fused-ring (bicyclic) bond motifs is 1. The minimum Gasteiger partial charge on any atom is -0.142 e. The molecule has 0 spiro atoms. The largest absolute Gasteiger partial charge is 0.142 e. The van der Waals surface area contributed by atoms with E-state index in [-0.39, 0.29) is 0 Å². The minimum absolute atomic E-state index is 0.793. The quantitative estimate of drug-likeness (QED) is 0.625. The van der Waals surface area contributed by atoms with Crippen LogP contribution in [0.25, 0.3) is 10.1 Å². The molecule has 0 bridgehead atoms. The van der Waals surface area contributed by atoms with E-state index in [0.29, 0.717) is 0 Å². The molecule has 2 aromatic rings. The average Bonchev–Trinajstić information content (AvgIpc) is 2.47. The molecule has 0 amide bonds. The van der Waals surface area contributed by atoms with E-state index in [1.165, 1.54) is 15.6 Å². The van der Waals surface area contributed by atoms with Crippen molar-refractivity contribution in [1.82, 2.24) is 0 Å². The van der Waals surface area contributed by atoms with Gasteiger partial charge in [-0.15, -0.1) is 11.3 Å². The van der Waals surface area contributed by atoms with Crippen LogP contribution in [0.1, 0.15) is 5.56 Å². The number of benzene rings is 1. The first-order valence-electron chi connectivity index (χ1n) is 3.63. The molecule has 0 unspecified atom stereocenters. The fourth-order valence-electron chi connectivity index (χ4n) is 1.24. The Morgan fingerprint density at radius 2 is 2.15 bits per heavy atom. The van der Waals surface area contributed by atoms with Crippen LogP contribution in [0.2, 0.25) is 5.02 Å². The van der Waals surface area contributed by atoms with Gasteiger partial charge in [0, 0.05) is 30.3 Å². The Bertz CT molecular complexity index is 450. The van der Waals surface area contributed by atoms with Crippen LogP contribution in [0, 0.1) is 0 Å². The molecule has 1 aromatic heterocycles. The Morgan fingerprint density at radius 3 is 2.85 bits per heavy atom. The Hall–Kier alpha value is 0.430. The normalized spacial score (nSPS) is 11.0. The van der Waals surface area contributed by atoms with E-state index >= 15 is 0 Å². The third-order valence-corrected chi connectivity index (χ3v) is 4.66. The minimum atomic E-state index is 0.793. The molecule has 0 aliphatic rings. The average molecular weight is 340 g/mol. The molecule has 1 heterocycles. The SMILES string of the molecule is Clc1cc(CBr)c2scc(Br)c2c1. The maximum absolute atomic E-state index is 5.99. The second-order valence-corrected chi connectivity index (χ2v) is 5.39. The van der Waals surface area contributed by atoms with Crippen molar-refractivity contribution in [3.63, 3.8) is 0 Å². The molecule has 0 fully saturated rings. The molecule has 1 aromatic carbocycles. The molecule has 0 radical (unpaired) electrons. The number of thiophene rings is 1. The van der Waals surface area contributed by atoms with Crippen LogP contribution < -0.4 is 0 Å². The van der Waals surface area contributed by atoms with Gasteiger partial charge >= 0.3 is 0 Å². The predicted molar refractivity (Wildman–Crippen MR) is 67.2 cm³/mol. The second kappa shape index (κ2) is 3.89. The van der Waals surface area contributed by atoms with Crippen LogP contribution in [-0.2, 0) is 5.33 Å². The summed E-state index contributed by atoms with van der Waals surface area (Å²) < 4.78 is 2.42. The number of hydrogen-bond acceptors (Lipinski definition) is 1. The molecule has 13 heavy (non-hydrogen) atoms. The highest BCUT2D eigenvalue weighted by atomic mass is 79.9. The lowest BCUT2D eigenvalue weighted by molar-refractivity contribution is 1.51. The molecule has 0 atom stereocenters. The predicted octanol–water partition coefficient (Wildman–Crippen LogP) is 5.21. The number of halogens is 3. The van der Waals surface area contributed by atoms with Gasteiger partial charge in [-0.3, -0.25) is 0 Å². The van der Waals surface area contributed by atoms with Gasteiger partial charge in [-0.05, 0) is 33.6 Å². The summed E-state index contributed by atoms with van der Waals surface area (Å²) in [6.45, 7) is 0. The first-order chi connectivity index (χ1) is 6.22. The van der Waals surface area contributed by atoms with Crippen molar-refractivity contribution in [2.75, 3.05) is 0 Å². The van der Waals surface area contributed by atoms with Crippen molar-refractivity contribution in [3.05, 3.63) is 32.6 Å². The van der Waals surface area contributed by atoms with Crippen LogP contribution in [0.15, 0.2) is 22.0 Å². The summed E-state index contributed by atoms with van der Waals surface area (Å²) in [5.74, 6) is 0. The van der Waals surface area contributed by atoms with E-state index in [1.807, 2.05) is 12.1 Å². The molecule has 0 aliphatic carbocycles. The monoisotopic (exact) mass is 338 g/mol. The standard InChI is InChI=1S/C9H5Br2ClS/c10-3-5-1-6(12)2-7-8(11)4-13-9(5)7/h1-2,4H,3H2. The van der Waals surface area contributed by atoms with Gasteiger partial charge < -0.3 is 0 Å². The van der Waals surface area contributed by atoms with E-state index in [0.717, 1.165) is 14.8 Å². The van der Waals surface area contributed by atoms with E-state index in [1.54, 1.807) is 11.3 Å². The topological polar surface area (TPSA) is 0 Å². The summed E-state index contributed by atoms with van der Waals surface area (Å²) >= 11 is 14.7. The summed E-state index contributed by atoms with van der Waals surface area (Å²) in [6, 6.07) is 3.99. The van der Waals surface area contributed by atoms with Crippen molar-refractivity contribution in [1.29, 1.82) is 0 Å². The third kappa shape index (κ3) is 1.80. The van der Waals surface area contributed by atoms with Crippen molar-refractivity contribution in [2.24, 2.45) is 0 Å². The molecule has 0 nitrogen and oxygen atoms in total. The molecule has 0 aliphatic heterocycles. The van der Waals surface area contributed by atoms with Gasteiger partial charge in [-0.1, -0.05) is 27.5 Å². The lowest BCUT2D eigenvalue weighted by Crippen LogP contribution is -1.77. The first kappa shape index (κ1) is 9.97. The molecule has 4 heteroatoms. The third-order valence-electron chi connectivity index (χ3n) is 1.81. The fraction of sp³-hybridized carbons (Fsp3) is 0.111. The molecular weight excluding hydrogens is 335 g/mol. The van der Waals surface area contributed by atoms with Crippen molar-refractivity contribution in [3.8, 4) is 0 Å². The van der Waals surface area contributed by atoms with Crippen LogP contribution in [0.4, 0.5) is 0 Å². The highest BCUT2D eigenvalue weighted by Crippen LogP contribution is 2.35. The Labute approximate surface area is 102 Å². The highest BCUT2D eigenvalue weighted by Gasteiger charge is 2.06. The number of hydrogen-bond donors (Lipinski definition) is 0. The van der Waals surface area contributed by atoms with Crippen LogP contribution >= 0.6 is 54.8 Å². The van der Waals surface area contributed by atoms with Crippen molar-refractivity contribution >= 4 is 64.9 Å². The molecular formula is C9H5Br2ClS. The summed E-state index contributed by atoms with van der Waals surface area (Å²) in [5.41, 5.74) is 1.25. The van der Waals surface area contributed by atoms with Gasteiger partial charge in [-0.25, -0.2) is 0 Å². The smallest absolute Gasteiger partial charge is 0.0416 e.